The van der Waals surface area contributed by atoms with Gasteiger partial charge in [-0.05, 0) is 27.7 Å². The maximum absolute atomic E-state index is 12.3. The lowest BCUT2D eigenvalue weighted by atomic mass is 10.2. The Morgan fingerprint density at radius 3 is 2.00 bits per heavy atom. The van der Waals surface area contributed by atoms with Gasteiger partial charge in [-0.25, -0.2) is 8.42 Å². The molecule has 1 fully saturated rings. The number of amides is 1. The molecule has 0 aromatic heterocycles. The van der Waals surface area contributed by atoms with Crippen molar-refractivity contribution < 1.29 is 18.3 Å². The zero-order valence-corrected chi connectivity index (χ0v) is 13.6. The van der Waals surface area contributed by atoms with Crippen molar-refractivity contribution in [1.29, 1.82) is 0 Å². The summed E-state index contributed by atoms with van der Waals surface area (Å²) < 4.78 is 24.1. The number of piperazine rings is 1. The topological polar surface area (TPSA) is 77.9 Å². The Hall–Kier alpha value is -0.660. The molecule has 2 atom stereocenters. The number of aliphatic hydroxyl groups is 1. The largest absolute Gasteiger partial charge is 0.392 e. The molecule has 1 N–H and O–H groups in total. The number of sulfone groups is 1. The van der Waals surface area contributed by atoms with Gasteiger partial charge in [0.2, 0.25) is 5.91 Å². The first-order valence-electron chi connectivity index (χ1n) is 7.08. The van der Waals surface area contributed by atoms with Gasteiger partial charge in [0.1, 0.15) is 5.25 Å². The van der Waals surface area contributed by atoms with E-state index >= 15 is 0 Å². The molecule has 6 nitrogen and oxygen atoms in total. The minimum absolute atomic E-state index is 0.310. The number of hydrogen-bond donors (Lipinski definition) is 1. The average molecular weight is 306 g/mol. The summed E-state index contributed by atoms with van der Waals surface area (Å²) in [7, 11) is -3.40. The molecule has 0 aromatic carbocycles. The number of carbonyl (C=O) groups is 1. The molecule has 0 radical (unpaired) electrons. The van der Waals surface area contributed by atoms with Crippen LogP contribution in [0.3, 0.4) is 0 Å². The highest BCUT2D eigenvalue weighted by Crippen LogP contribution is 2.13. The molecule has 20 heavy (non-hydrogen) atoms. The molecule has 1 rings (SSSR count). The van der Waals surface area contributed by atoms with Crippen molar-refractivity contribution >= 4 is 15.7 Å². The molecule has 1 aliphatic heterocycles. The zero-order chi connectivity index (χ0) is 15.5. The Morgan fingerprint density at radius 2 is 1.60 bits per heavy atom. The van der Waals surface area contributed by atoms with E-state index in [0.717, 1.165) is 0 Å². The molecular weight excluding hydrogens is 280 g/mol. The first-order chi connectivity index (χ1) is 9.16. The lowest BCUT2D eigenvalue weighted by molar-refractivity contribution is -0.132. The van der Waals surface area contributed by atoms with E-state index in [2.05, 4.69) is 4.90 Å². The van der Waals surface area contributed by atoms with E-state index in [9.17, 15) is 18.3 Å². The van der Waals surface area contributed by atoms with Crippen LogP contribution in [0.2, 0.25) is 0 Å². The Bertz CT molecular complexity index is 426. The number of aliphatic hydroxyl groups excluding tert-OH is 1. The Kier molecular flexibility index (Phi) is 5.97. The fraction of sp³-hybridized carbons (Fsp3) is 0.923. The van der Waals surface area contributed by atoms with Gasteiger partial charge in [-0.3, -0.25) is 9.69 Å². The number of carbonyl (C=O) groups excluding carboxylic acids is 1. The molecule has 1 saturated heterocycles. The molecule has 0 bridgehead atoms. The van der Waals surface area contributed by atoms with Crippen molar-refractivity contribution in [2.75, 3.05) is 32.7 Å². The van der Waals surface area contributed by atoms with E-state index in [0.29, 0.717) is 32.7 Å². The summed E-state index contributed by atoms with van der Waals surface area (Å²) in [6, 6.07) is 0. The molecule has 118 valence electrons. The van der Waals surface area contributed by atoms with Crippen LogP contribution >= 0.6 is 0 Å². The van der Waals surface area contributed by atoms with Crippen LogP contribution in [-0.4, -0.2) is 78.6 Å². The van der Waals surface area contributed by atoms with E-state index in [1.807, 2.05) is 0 Å². The van der Waals surface area contributed by atoms with Gasteiger partial charge in [-0.2, -0.15) is 0 Å². The summed E-state index contributed by atoms with van der Waals surface area (Å²) in [6.07, 6.45) is -0.391. The van der Waals surface area contributed by atoms with Gasteiger partial charge >= 0.3 is 0 Å². The summed E-state index contributed by atoms with van der Waals surface area (Å²) >= 11 is 0. The maximum atomic E-state index is 12.3. The summed E-state index contributed by atoms with van der Waals surface area (Å²) in [5.74, 6) is -0.310. The molecule has 0 spiro atoms. The lowest BCUT2D eigenvalue weighted by Gasteiger charge is -2.36. The van der Waals surface area contributed by atoms with Gasteiger partial charge in [-0.15, -0.1) is 0 Å². The van der Waals surface area contributed by atoms with Crippen molar-refractivity contribution in [3.8, 4) is 0 Å². The zero-order valence-electron chi connectivity index (χ0n) is 12.7. The highest BCUT2D eigenvalue weighted by molar-refractivity contribution is 7.93. The molecule has 7 heteroatoms. The second-order valence-corrected chi connectivity index (χ2v) is 8.58. The van der Waals surface area contributed by atoms with Crippen LogP contribution in [-0.2, 0) is 14.6 Å². The van der Waals surface area contributed by atoms with Gasteiger partial charge in [-0.1, -0.05) is 0 Å². The minimum atomic E-state index is -3.40. The monoisotopic (exact) mass is 306 g/mol. The van der Waals surface area contributed by atoms with Crippen molar-refractivity contribution in [1.82, 2.24) is 9.80 Å². The van der Waals surface area contributed by atoms with Crippen LogP contribution in [0, 0.1) is 0 Å². The number of β-amino-alcohol motifs (C(OH)–C–C–N with tert-alkyl or cyclic N) is 1. The second-order valence-electron chi connectivity index (χ2n) is 5.75. The van der Waals surface area contributed by atoms with Gasteiger partial charge in [0.15, 0.2) is 9.84 Å². The molecule has 0 aromatic rings. The third kappa shape index (κ3) is 4.17. The molecule has 1 amide bonds. The van der Waals surface area contributed by atoms with E-state index in [1.165, 1.54) is 6.92 Å². The molecule has 0 aliphatic carbocycles. The third-order valence-electron chi connectivity index (χ3n) is 3.70. The first kappa shape index (κ1) is 17.4. The average Bonchev–Trinajstić information content (AvgIpc) is 2.37. The summed E-state index contributed by atoms with van der Waals surface area (Å²) in [6.45, 7) is 9.36. The minimum Gasteiger partial charge on any atom is -0.392 e. The Balaban J connectivity index is 2.59. The normalized spacial score (nSPS) is 21.0. The maximum Gasteiger partial charge on any atom is 0.240 e. The van der Waals surface area contributed by atoms with E-state index < -0.39 is 26.4 Å². The summed E-state index contributed by atoms with van der Waals surface area (Å²) in [4.78, 5) is 16.0. The second kappa shape index (κ2) is 6.87. The van der Waals surface area contributed by atoms with Crippen LogP contribution in [0.15, 0.2) is 0 Å². The van der Waals surface area contributed by atoms with Gasteiger partial charge in [0.05, 0.1) is 11.4 Å². The number of rotatable bonds is 5. The Labute approximate surface area is 121 Å². The van der Waals surface area contributed by atoms with E-state index in [-0.39, 0.29) is 5.91 Å². The quantitative estimate of drug-likeness (QED) is 0.756. The third-order valence-corrected chi connectivity index (χ3v) is 6.21. The Morgan fingerprint density at radius 1 is 1.10 bits per heavy atom. The molecule has 0 unspecified atom stereocenters. The van der Waals surface area contributed by atoms with Gasteiger partial charge < -0.3 is 10.0 Å². The van der Waals surface area contributed by atoms with Gasteiger partial charge in [0, 0.05) is 32.7 Å². The standard InChI is InChI=1S/C13H26N2O4S/c1-10(2)20(18,19)12(4)13(17)15-7-5-14(6-8-15)9-11(3)16/h10-12,16H,5-9H2,1-4H3/t11-,12-/m1/s1. The number of hydrogen-bond acceptors (Lipinski definition) is 5. The van der Waals surface area contributed by atoms with Crippen molar-refractivity contribution in [3.05, 3.63) is 0 Å². The highest BCUT2D eigenvalue weighted by atomic mass is 32.2. The smallest absolute Gasteiger partial charge is 0.240 e. The molecule has 1 aliphatic rings. The number of nitrogens with zero attached hydrogens (tertiary/aromatic N) is 2. The van der Waals surface area contributed by atoms with E-state index in [1.54, 1.807) is 25.7 Å². The molecule has 0 saturated carbocycles. The van der Waals surface area contributed by atoms with Crippen molar-refractivity contribution in [2.24, 2.45) is 0 Å². The fourth-order valence-electron chi connectivity index (χ4n) is 2.33. The van der Waals surface area contributed by atoms with Crippen molar-refractivity contribution in [3.63, 3.8) is 0 Å². The van der Waals surface area contributed by atoms with Crippen LogP contribution in [0.4, 0.5) is 0 Å². The van der Waals surface area contributed by atoms with Gasteiger partial charge in [0.25, 0.3) is 0 Å². The predicted molar refractivity (Wildman–Crippen MR) is 78.2 cm³/mol. The van der Waals surface area contributed by atoms with E-state index in [4.69, 9.17) is 0 Å². The summed E-state index contributed by atoms with van der Waals surface area (Å²) in [5.41, 5.74) is 0. The van der Waals surface area contributed by atoms with Crippen LogP contribution in [0.5, 0.6) is 0 Å². The summed E-state index contributed by atoms with van der Waals surface area (Å²) in [5, 5.41) is 7.81. The lowest BCUT2D eigenvalue weighted by Crippen LogP contribution is -2.53. The molecule has 1 heterocycles. The molecular formula is C13H26N2O4S. The fourth-order valence-corrected chi connectivity index (χ4v) is 3.58. The van der Waals surface area contributed by atoms with Crippen LogP contribution in [0.1, 0.15) is 27.7 Å². The van der Waals surface area contributed by atoms with Crippen LogP contribution in [0.25, 0.3) is 0 Å². The highest BCUT2D eigenvalue weighted by Gasteiger charge is 2.34. The van der Waals surface area contributed by atoms with Crippen LogP contribution < -0.4 is 0 Å². The predicted octanol–water partition coefficient (Wildman–Crippen LogP) is -0.277. The first-order valence-corrected chi connectivity index (χ1v) is 8.69. The SMILES string of the molecule is CC(C)S(=O)(=O)[C@H](C)C(=O)N1CCN(C[C@@H](C)O)CC1. The van der Waals surface area contributed by atoms with Crippen molar-refractivity contribution in [2.45, 2.75) is 44.3 Å².